The van der Waals surface area contributed by atoms with Gasteiger partial charge in [0, 0.05) is 12.0 Å². The zero-order valence-electron chi connectivity index (χ0n) is 13.5. The Balaban J connectivity index is 0.00000156. The number of nitrogens with one attached hydrogen (secondary N) is 2. The summed E-state index contributed by atoms with van der Waals surface area (Å²) < 4.78 is 0. The molecule has 2 fully saturated rings. The molecule has 2 bridgehead atoms. The third kappa shape index (κ3) is 3.13. The van der Waals surface area contributed by atoms with Gasteiger partial charge in [0.1, 0.15) is 0 Å². The van der Waals surface area contributed by atoms with Gasteiger partial charge in [0.25, 0.3) is 0 Å². The number of carbonyl (C=O) groups excluding carboxylic acids is 1. The molecule has 0 aliphatic heterocycles. The van der Waals surface area contributed by atoms with Gasteiger partial charge in [-0.25, -0.2) is 0 Å². The minimum Gasteiger partial charge on any atom is -0.348 e. The van der Waals surface area contributed by atoms with E-state index in [4.69, 9.17) is 5.73 Å². The number of amides is 1. The van der Waals surface area contributed by atoms with E-state index in [-0.39, 0.29) is 30.3 Å². The van der Waals surface area contributed by atoms with Crippen LogP contribution in [0.4, 0.5) is 0 Å². The normalized spacial score (nSPS) is 35.8. The van der Waals surface area contributed by atoms with Crippen molar-refractivity contribution in [1.82, 2.24) is 15.5 Å². The Labute approximate surface area is 143 Å². The monoisotopic (exact) mass is 338 g/mol. The number of nitrogens with zero attached hydrogens (tertiary/aromatic N) is 1. The lowest BCUT2D eigenvalue weighted by Gasteiger charge is -2.43. The molecule has 0 saturated heterocycles. The number of carbonyl (C=O) groups is 1. The van der Waals surface area contributed by atoms with Gasteiger partial charge in [-0.05, 0) is 62.3 Å². The Morgan fingerprint density at radius 3 is 2.70 bits per heavy atom. The number of aryl methyl sites for hydroxylation is 1. The molecular weight excluding hydrogens is 312 g/mol. The largest absolute Gasteiger partial charge is 0.348 e. The Morgan fingerprint density at radius 2 is 1.96 bits per heavy atom. The summed E-state index contributed by atoms with van der Waals surface area (Å²) in [5.74, 6) is 1.49. The summed E-state index contributed by atoms with van der Waals surface area (Å²) in [5, 5.41) is 10.5. The van der Waals surface area contributed by atoms with Gasteiger partial charge in [-0.1, -0.05) is 6.42 Å². The van der Waals surface area contributed by atoms with E-state index >= 15 is 0 Å². The number of hydrogen-bond donors (Lipinski definition) is 3. The lowest BCUT2D eigenvalue weighted by Crippen LogP contribution is -2.49. The second-order valence-corrected chi connectivity index (χ2v) is 7.46. The first-order valence-corrected chi connectivity index (χ1v) is 8.80. The smallest absolute Gasteiger partial charge is 0.223 e. The molecule has 4 N–H and O–H groups in total. The van der Waals surface area contributed by atoms with Crippen LogP contribution in [-0.4, -0.2) is 22.1 Å². The molecule has 3 aliphatic rings. The predicted molar refractivity (Wildman–Crippen MR) is 91.2 cm³/mol. The van der Waals surface area contributed by atoms with Gasteiger partial charge < -0.3 is 11.1 Å². The van der Waals surface area contributed by atoms with Gasteiger partial charge in [-0.3, -0.25) is 9.89 Å². The quantitative estimate of drug-likeness (QED) is 0.774. The summed E-state index contributed by atoms with van der Waals surface area (Å²) in [6.07, 6.45) is 10.8. The number of rotatable bonds is 2. The van der Waals surface area contributed by atoms with Crippen molar-refractivity contribution < 1.29 is 4.79 Å². The molecule has 4 rings (SSSR count). The predicted octanol–water partition coefficient (Wildman–Crippen LogP) is 2.48. The van der Waals surface area contributed by atoms with Gasteiger partial charge in [-0.15, -0.1) is 12.4 Å². The molecule has 5 nitrogen and oxygen atoms in total. The van der Waals surface area contributed by atoms with E-state index in [1.165, 1.54) is 24.8 Å². The molecule has 6 heteroatoms. The van der Waals surface area contributed by atoms with Crippen LogP contribution in [0.3, 0.4) is 0 Å². The fourth-order valence-corrected chi connectivity index (χ4v) is 4.90. The Morgan fingerprint density at radius 1 is 1.22 bits per heavy atom. The Bertz CT molecular complexity index is 547. The summed E-state index contributed by atoms with van der Waals surface area (Å²) in [7, 11) is 0. The van der Waals surface area contributed by atoms with Crippen molar-refractivity contribution in [2.24, 2.45) is 23.5 Å². The standard InChI is InChI=1S/C17H26N4O.ClH/c18-15-10-3-1-4-11(15)8-13(7-10)17(22)20-14-6-2-5-12-9-19-21-16(12)14;/h9-11,13-15H,1-8,18H2,(H,19,21)(H,20,22);1H. The molecule has 1 aromatic rings. The molecule has 23 heavy (non-hydrogen) atoms. The van der Waals surface area contributed by atoms with Crippen LogP contribution in [0, 0.1) is 17.8 Å². The van der Waals surface area contributed by atoms with Crippen LogP contribution in [0.5, 0.6) is 0 Å². The van der Waals surface area contributed by atoms with Crippen LogP contribution < -0.4 is 11.1 Å². The number of H-pyrrole nitrogens is 1. The van der Waals surface area contributed by atoms with Crippen LogP contribution in [-0.2, 0) is 11.2 Å². The minimum absolute atomic E-state index is 0. The van der Waals surface area contributed by atoms with E-state index in [9.17, 15) is 4.79 Å². The number of aromatic amines is 1. The van der Waals surface area contributed by atoms with E-state index in [2.05, 4.69) is 15.5 Å². The van der Waals surface area contributed by atoms with Gasteiger partial charge in [0.2, 0.25) is 5.91 Å². The van der Waals surface area contributed by atoms with Gasteiger partial charge in [-0.2, -0.15) is 5.10 Å². The van der Waals surface area contributed by atoms with Crippen molar-refractivity contribution in [3.8, 4) is 0 Å². The Kier molecular flexibility index (Phi) is 4.97. The summed E-state index contributed by atoms with van der Waals surface area (Å²) in [6.45, 7) is 0. The molecule has 0 aromatic carbocycles. The highest BCUT2D eigenvalue weighted by atomic mass is 35.5. The van der Waals surface area contributed by atoms with Gasteiger partial charge >= 0.3 is 0 Å². The summed E-state index contributed by atoms with van der Waals surface area (Å²) in [5.41, 5.74) is 8.72. The van der Waals surface area contributed by atoms with E-state index < -0.39 is 0 Å². The molecule has 0 radical (unpaired) electrons. The lowest BCUT2D eigenvalue weighted by molar-refractivity contribution is -0.128. The summed E-state index contributed by atoms with van der Waals surface area (Å²) in [6, 6.07) is 0.445. The second kappa shape index (κ2) is 6.81. The maximum atomic E-state index is 12.7. The number of halogens is 1. The van der Waals surface area contributed by atoms with Crippen LogP contribution in [0.1, 0.15) is 62.2 Å². The van der Waals surface area contributed by atoms with Crippen LogP contribution in [0.25, 0.3) is 0 Å². The number of nitrogens with two attached hydrogens (primary N) is 1. The van der Waals surface area contributed by atoms with Gasteiger partial charge in [0.15, 0.2) is 0 Å². The third-order valence-corrected chi connectivity index (χ3v) is 6.14. The minimum atomic E-state index is 0. The fraction of sp³-hybridized carbons (Fsp3) is 0.765. The van der Waals surface area contributed by atoms with Crippen LogP contribution in [0.15, 0.2) is 6.20 Å². The van der Waals surface area contributed by atoms with Crippen LogP contribution in [0.2, 0.25) is 0 Å². The average molecular weight is 339 g/mol. The van der Waals surface area contributed by atoms with E-state index in [0.29, 0.717) is 17.9 Å². The molecule has 1 heterocycles. The highest BCUT2D eigenvalue weighted by Gasteiger charge is 2.41. The van der Waals surface area contributed by atoms with Crippen LogP contribution >= 0.6 is 12.4 Å². The van der Waals surface area contributed by atoms with Crippen molar-refractivity contribution >= 4 is 18.3 Å². The van der Waals surface area contributed by atoms with Crippen molar-refractivity contribution in [3.63, 3.8) is 0 Å². The first-order chi connectivity index (χ1) is 10.7. The zero-order chi connectivity index (χ0) is 15.1. The molecule has 1 amide bonds. The summed E-state index contributed by atoms with van der Waals surface area (Å²) >= 11 is 0. The maximum absolute atomic E-state index is 12.7. The molecule has 2 saturated carbocycles. The van der Waals surface area contributed by atoms with Crippen molar-refractivity contribution in [1.29, 1.82) is 0 Å². The second-order valence-electron chi connectivity index (χ2n) is 7.46. The van der Waals surface area contributed by atoms with Crippen molar-refractivity contribution in [2.75, 3.05) is 0 Å². The number of hydrogen-bond acceptors (Lipinski definition) is 3. The highest BCUT2D eigenvalue weighted by Crippen LogP contribution is 2.42. The molecule has 1 aromatic heterocycles. The van der Waals surface area contributed by atoms with Gasteiger partial charge in [0.05, 0.1) is 17.9 Å². The number of fused-ring (bicyclic) bond motifs is 3. The molecule has 128 valence electrons. The van der Waals surface area contributed by atoms with E-state index in [0.717, 1.165) is 37.8 Å². The fourth-order valence-electron chi connectivity index (χ4n) is 4.90. The summed E-state index contributed by atoms with van der Waals surface area (Å²) in [4.78, 5) is 12.7. The molecule has 3 atom stereocenters. The Hall–Kier alpha value is -1.07. The molecule has 3 unspecified atom stereocenters. The number of aromatic nitrogens is 2. The SMILES string of the molecule is Cl.NC1C2CCCC1CC(C(=O)NC1CCCc3cn[nH]c31)C2. The van der Waals surface area contributed by atoms with Crippen molar-refractivity contribution in [3.05, 3.63) is 17.5 Å². The zero-order valence-corrected chi connectivity index (χ0v) is 14.3. The first-order valence-electron chi connectivity index (χ1n) is 8.80. The first kappa shape index (κ1) is 16.8. The lowest BCUT2D eigenvalue weighted by atomic mass is 9.65. The van der Waals surface area contributed by atoms with E-state index in [1.54, 1.807) is 0 Å². The average Bonchev–Trinajstić information content (AvgIpc) is 2.96. The molecule has 0 spiro atoms. The highest BCUT2D eigenvalue weighted by molar-refractivity contribution is 5.85. The van der Waals surface area contributed by atoms with Crippen molar-refractivity contribution in [2.45, 2.75) is 63.5 Å². The topological polar surface area (TPSA) is 83.8 Å². The third-order valence-electron chi connectivity index (χ3n) is 6.14. The molecule has 3 aliphatic carbocycles. The van der Waals surface area contributed by atoms with E-state index in [1.807, 2.05) is 6.20 Å². The molecular formula is C17H27ClN4O. The maximum Gasteiger partial charge on any atom is 0.223 e.